The molecule has 0 aliphatic carbocycles. The van der Waals surface area contributed by atoms with Crippen LogP contribution in [0.1, 0.15) is 11.4 Å². The lowest BCUT2D eigenvalue weighted by Gasteiger charge is -2.13. The van der Waals surface area contributed by atoms with Crippen LogP contribution in [0.25, 0.3) is 5.69 Å². The second-order valence-electron chi connectivity index (χ2n) is 5.35. The van der Waals surface area contributed by atoms with E-state index in [1.54, 1.807) is 18.6 Å². The van der Waals surface area contributed by atoms with Crippen LogP contribution in [0, 0.1) is 6.92 Å². The summed E-state index contributed by atoms with van der Waals surface area (Å²) in [7, 11) is 0. The molecule has 24 heavy (non-hydrogen) atoms. The van der Waals surface area contributed by atoms with Gasteiger partial charge in [-0.3, -0.25) is 9.78 Å². The van der Waals surface area contributed by atoms with Gasteiger partial charge in [-0.2, -0.15) is 0 Å². The number of benzene rings is 1. The van der Waals surface area contributed by atoms with E-state index in [4.69, 9.17) is 0 Å². The van der Waals surface area contributed by atoms with Gasteiger partial charge < -0.3 is 15.2 Å². The first-order chi connectivity index (χ1) is 11.7. The third-order valence-electron chi connectivity index (χ3n) is 3.67. The van der Waals surface area contributed by atoms with Crippen molar-refractivity contribution < 1.29 is 4.79 Å². The van der Waals surface area contributed by atoms with Crippen molar-refractivity contribution >= 4 is 11.6 Å². The Morgan fingerprint density at radius 2 is 2.04 bits per heavy atom. The van der Waals surface area contributed by atoms with E-state index in [0.717, 1.165) is 22.8 Å². The van der Waals surface area contributed by atoms with Gasteiger partial charge in [0.2, 0.25) is 5.91 Å². The molecule has 2 heterocycles. The number of imidazole rings is 1. The molecule has 1 amide bonds. The fraction of sp³-hybridized carbons (Fsp3) is 0.167. The van der Waals surface area contributed by atoms with E-state index in [0.29, 0.717) is 6.54 Å². The third-order valence-corrected chi connectivity index (χ3v) is 3.67. The molecule has 122 valence electrons. The van der Waals surface area contributed by atoms with E-state index in [1.807, 2.05) is 54.1 Å². The Kier molecular flexibility index (Phi) is 4.86. The molecule has 2 aromatic heterocycles. The average Bonchev–Trinajstić information content (AvgIpc) is 3.05. The Bertz CT molecular complexity index is 813. The number of carbonyl (C=O) groups is 1. The molecule has 2 N–H and O–H groups in total. The van der Waals surface area contributed by atoms with E-state index in [9.17, 15) is 4.79 Å². The molecule has 0 saturated heterocycles. The number of amides is 1. The molecule has 0 aliphatic heterocycles. The molecule has 0 saturated carbocycles. The Hall–Kier alpha value is -3.15. The predicted molar refractivity (Wildman–Crippen MR) is 92.9 cm³/mol. The normalized spacial score (nSPS) is 10.4. The minimum absolute atomic E-state index is 0.0731. The SMILES string of the molecule is Cc1nccn1-c1ccccc1CNC(=O)CNc1cccnc1. The summed E-state index contributed by atoms with van der Waals surface area (Å²) in [6, 6.07) is 11.7. The largest absolute Gasteiger partial charge is 0.375 e. The maximum atomic E-state index is 12.0. The fourth-order valence-electron chi connectivity index (χ4n) is 2.43. The van der Waals surface area contributed by atoms with Gasteiger partial charge in [0.05, 0.1) is 17.9 Å². The first kappa shape index (κ1) is 15.7. The molecular weight excluding hydrogens is 302 g/mol. The van der Waals surface area contributed by atoms with Gasteiger partial charge in [-0.15, -0.1) is 0 Å². The van der Waals surface area contributed by atoms with Crippen molar-refractivity contribution in [1.29, 1.82) is 0 Å². The molecule has 0 bridgehead atoms. The molecular formula is C18H19N5O. The minimum atomic E-state index is -0.0731. The summed E-state index contributed by atoms with van der Waals surface area (Å²) < 4.78 is 2.01. The monoisotopic (exact) mass is 321 g/mol. The quantitative estimate of drug-likeness (QED) is 0.731. The fourth-order valence-corrected chi connectivity index (χ4v) is 2.43. The minimum Gasteiger partial charge on any atom is -0.375 e. The lowest BCUT2D eigenvalue weighted by Crippen LogP contribution is -2.29. The number of anilines is 1. The van der Waals surface area contributed by atoms with Gasteiger partial charge in [0, 0.05) is 31.3 Å². The lowest BCUT2D eigenvalue weighted by atomic mass is 10.1. The van der Waals surface area contributed by atoms with Crippen molar-refractivity contribution in [3.05, 3.63) is 72.6 Å². The van der Waals surface area contributed by atoms with Crippen LogP contribution in [0.5, 0.6) is 0 Å². The van der Waals surface area contributed by atoms with Gasteiger partial charge in [0.15, 0.2) is 0 Å². The van der Waals surface area contributed by atoms with Gasteiger partial charge in [0.1, 0.15) is 5.82 Å². The molecule has 0 unspecified atom stereocenters. The van der Waals surface area contributed by atoms with Crippen LogP contribution in [-0.4, -0.2) is 27.0 Å². The van der Waals surface area contributed by atoms with Crippen LogP contribution in [0.4, 0.5) is 5.69 Å². The third kappa shape index (κ3) is 3.78. The molecule has 1 aromatic carbocycles. The number of para-hydroxylation sites is 1. The van der Waals surface area contributed by atoms with Crippen LogP contribution in [0.3, 0.4) is 0 Å². The van der Waals surface area contributed by atoms with E-state index in [2.05, 4.69) is 20.6 Å². The molecule has 3 rings (SSSR count). The standard InChI is InChI=1S/C18H19N5O/c1-14-20-9-10-23(14)17-7-3-2-5-15(17)11-22-18(24)13-21-16-6-4-8-19-12-16/h2-10,12,21H,11,13H2,1H3,(H,22,24). The Morgan fingerprint density at radius 3 is 2.79 bits per heavy atom. The highest BCUT2D eigenvalue weighted by Crippen LogP contribution is 2.15. The Labute approximate surface area is 140 Å². The van der Waals surface area contributed by atoms with Crippen molar-refractivity contribution in [2.24, 2.45) is 0 Å². The summed E-state index contributed by atoms with van der Waals surface area (Å²) in [6.07, 6.45) is 7.06. The summed E-state index contributed by atoms with van der Waals surface area (Å²) in [5.41, 5.74) is 2.88. The molecule has 0 fully saturated rings. The number of aromatic nitrogens is 3. The second kappa shape index (κ2) is 7.41. The second-order valence-corrected chi connectivity index (χ2v) is 5.35. The van der Waals surface area contributed by atoms with Crippen molar-refractivity contribution in [1.82, 2.24) is 19.9 Å². The highest BCUT2D eigenvalue weighted by atomic mass is 16.1. The van der Waals surface area contributed by atoms with Gasteiger partial charge in [-0.05, 0) is 30.7 Å². The maximum Gasteiger partial charge on any atom is 0.239 e. The Morgan fingerprint density at radius 1 is 1.17 bits per heavy atom. The van der Waals surface area contributed by atoms with Crippen LogP contribution in [0.2, 0.25) is 0 Å². The molecule has 0 spiro atoms. The first-order valence-electron chi connectivity index (χ1n) is 7.73. The van der Waals surface area contributed by atoms with Crippen molar-refractivity contribution in [2.75, 3.05) is 11.9 Å². The molecule has 0 atom stereocenters. The van der Waals surface area contributed by atoms with E-state index in [1.165, 1.54) is 0 Å². The Balaban J connectivity index is 1.61. The number of pyridine rings is 1. The molecule has 0 radical (unpaired) electrons. The van der Waals surface area contributed by atoms with Gasteiger partial charge in [-0.25, -0.2) is 4.98 Å². The van der Waals surface area contributed by atoms with E-state index in [-0.39, 0.29) is 12.5 Å². The maximum absolute atomic E-state index is 12.0. The number of rotatable bonds is 6. The number of aryl methyl sites for hydroxylation is 1. The van der Waals surface area contributed by atoms with Crippen LogP contribution < -0.4 is 10.6 Å². The molecule has 0 aliphatic rings. The van der Waals surface area contributed by atoms with Gasteiger partial charge >= 0.3 is 0 Å². The van der Waals surface area contributed by atoms with Gasteiger partial charge in [-0.1, -0.05) is 18.2 Å². The van der Waals surface area contributed by atoms with Crippen molar-refractivity contribution in [3.8, 4) is 5.69 Å². The number of hydrogen-bond donors (Lipinski definition) is 2. The summed E-state index contributed by atoms with van der Waals surface area (Å²) in [5, 5.41) is 5.98. The zero-order valence-corrected chi connectivity index (χ0v) is 13.4. The highest BCUT2D eigenvalue weighted by molar-refractivity contribution is 5.80. The highest BCUT2D eigenvalue weighted by Gasteiger charge is 2.08. The molecule has 6 heteroatoms. The van der Waals surface area contributed by atoms with Crippen LogP contribution in [0.15, 0.2) is 61.2 Å². The molecule has 6 nitrogen and oxygen atoms in total. The average molecular weight is 321 g/mol. The zero-order chi connectivity index (χ0) is 16.8. The number of nitrogens with one attached hydrogen (secondary N) is 2. The van der Waals surface area contributed by atoms with E-state index >= 15 is 0 Å². The van der Waals surface area contributed by atoms with Crippen molar-refractivity contribution in [2.45, 2.75) is 13.5 Å². The summed E-state index contributed by atoms with van der Waals surface area (Å²) in [6.45, 7) is 2.62. The number of nitrogens with zero attached hydrogens (tertiary/aromatic N) is 3. The van der Waals surface area contributed by atoms with E-state index < -0.39 is 0 Å². The predicted octanol–water partition coefficient (Wildman–Crippen LogP) is 2.30. The van der Waals surface area contributed by atoms with Crippen LogP contribution >= 0.6 is 0 Å². The number of carbonyl (C=O) groups excluding carboxylic acids is 1. The van der Waals surface area contributed by atoms with Gasteiger partial charge in [0.25, 0.3) is 0 Å². The topological polar surface area (TPSA) is 71.8 Å². The summed E-state index contributed by atoms with van der Waals surface area (Å²) in [5.74, 6) is 0.836. The zero-order valence-electron chi connectivity index (χ0n) is 13.4. The molecule has 3 aromatic rings. The summed E-state index contributed by atoms with van der Waals surface area (Å²) in [4.78, 5) is 20.3. The van der Waals surface area contributed by atoms with Crippen molar-refractivity contribution in [3.63, 3.8) is 0 Å². The number of hydrogen-bond acceptors (Lipinski definition) is 4. The smallest absolute Gasteiger partial charge is 0.239 e. The van der Waals surface area contributed by atoms with Crippen LogP contribution in [-0.2, 0) is 11.3 Å². The summed E-state index contributed by atoms with van der Waals surface area (Å²) >= 11 is 0. The lowest BCUT2D eigenvalue weighted by molar-refractivity contribution is -0.119. The first-order valence-corrected chi connectivity index (χ1v) is 7.73.